The zero-order valence-electron chi connectivity index (χ0n) is 11.5. The van der Waals surface area contributed by atoms with Crippen molar-refractivity contribution >= 4 is 0 Å². The average molecular weight is 239 g/mol. The molecule has 0 aromatic rings. The van der Waals surface area contributed by atoms with E-state index in [1.54, 1.807) is 0 Å². The van der Waals surface area contributed by atoms with E-state index in [1.807, 2.05) is 0 Å². The fraction of sp³-hybridized carbons (Fsp3) is 0.929. The zero-order valence-corrected chi connectivity index (χ0v) is 11.5. The van der Waals surface area contributed by atoms with Gasteiger partial charge in [0.05, 0.1) is 18.3 Å². The molecule has 1 fully saturated rings. The minimum absolute atomic E-state index is 0.374. The number of aliphatic hydroxyl groups is 1. The summed E-state index contributed by atoms with van der Waals surface area (Å²) in [5, 5.41) is 20.5. The van der Waals surface area contributed by atoms with E-state index in [4.69, 9.17) is 4.74 Å². The van der Waals surface area contributed by atoms with Crippen LogP contribution in [0.25, 0.3) is 0 Å². The molecule has 98 valence electrons. The largest absolute Gasteiger partial charge is 0.388 e. The van der Waals surface area contributed by atoms with E-state index in [0.717, 1.165) is 0 Å². The topological polar surface area (TPSA) is 53.2 Å². The predicted octanol–water partition coefficient (Wildman–Crippen LogP) is 2.74. The summed E-state index contributed by atoms with van der Waals surface area (Å²) < 4.78 is 5.38. The molecule has 1 N–H and O–H groups in total. The number of nitrogens with zero attached hydrogens (tertiary/aromatic N) is 1. The predicted molar refractivity (Wildman–Crippen MR) is 67.3 cm³/mol. The van der Waals surface area contributed by atoms with Crippen molar-refractivity contribution in [3.63, 3.8) is 0 Å². The maximum absolute atomic E-state index is 11.0. The van der Waals surface area contributed by atoms with Gasteiger partial charge in [0.1, 0.15) is 5.41 Å². The van der Waals surface area contributed by atoms with Crippen molar-refractivity contribution in [1.82, 2.24) is 0 Å². The Morgan fingerprint density at radius 1 is 1.29 bits per heavy atom. The van der Waals surface area contributed by atoms with Crippen LogP contribution in [-0.2, 0) is 4.74 Å². The summed E-state index contributed by atoms with van der Waals surface area (Å²) in [5.41, 5.74) is -1.62. The standard InChI is InChI=1S/C14H25NO2/c1-11(2)7-14(16,8-12(3)4)13(9-15)5-6-17-10-13/h11-12,16H,5-8,10H2,1-4H3. The van der Waals surface area contributed by atoms with Crippen LogP contribution in [0.4, 0.5) is 0 Å². The van der Waals surface area contributed by atoms with E-state index in [-0.39, 0.29) is 0 Å². The Morgan fingerprint density at radius 3 is 2.12 bits per heavy atom. The lowest BCUT2D eigenvalue weighted by molar-refractivity contribution is -0.0864. The summed E-state index contributed by atoms with van der Waals surface area (Å²) in [6, 6.07) is 2.35. The summed E-state index contributed by atoms with van der Waals surface area (Å²) in [5.74, 6) is 0.758. The third-order valence-electron chi connectivity index (χ3n) is 3.62. The van der Waals surface area contributed by atoms with Crippen LogP contribution >= 0.6 is 0 Å². The van der Waals surface area contributed by atoms with Crippen LogP contribution in [0.15, 0.2) is 0 Å². The van der Waals surface area contributed by atoms with Crippen molar-refractivity contribution in [2.75, 3.05) is 13.2 Å². The van der Waals surface area contributed by atoms with Crippen molar-refractivity contribution < 1.29 is 9.84 Å². The van der Waals surface area contributed by atoms with E-state index in [1.165, 1.54) is 0 Å². The molecule has 0 saturated carbocycles. The van der Waals surface area contributed by atoms with Gasteiger partial charge >= 0.3 is 0 Å². The lowest BCUT2D eigenvalue weighted by Gasteiger charge is -2.41. The summed E-state index contributed by atoms with van der Waals surface area (Å²) in [6.45, 7) is 9.32. The Morgan fingerprint density at radius 2 is 1.82 bits per heavy atom. The lowest BCUT2D eigenvalue weighted by atomic mass is 9.65. The molecule has 1 heterocycles. The Bertz CT molecular complexity index is 275. The molecule has 1 aliphatic heterocycles. The maximum atomic E-state index is 11.0. The van der Waals surface area contributed by atoms with Crippen LogP contribution in [0, 0.1) is 28.6 Å². The number of nitriles is 1. The summed E-state index contributed by atoms with van der Waals surface area (Å²) in [7, 11) is 0. The highest BCUT2D eigenvalue weighted by Gasteiger charge is 2.53. The zero-order chi connectivity index (χ0) is 13.1. The van der Waals surface area contributed by atoms with Gasteiger partial charge in [-0.1, -0.05) is 27.7 Å². The van der Waals surface area contributed by atoms with Gasteiger partial charge in [-0.15, -0.1) is 0 Å². The molecule has 0 radical (unpaired) electrons. The van der Waals surface area contributed by atoms with Gasteiger partial charge in [-0.05, 0) is 31.1 Å². The molecule has 3 heteroatoms. The van der Waals surface area contributed by atoms with Crippen LogP contribution in [0.3, 0.4) is 0 Å². The van der Waals surface area contributed by atoms with Crippen LogP contribution in [-0.4, -0.2) is 23.9 Å². The highest BCUT2D eigenvalue weighted by Crippen LogP contribution is 2.45. The molecule has 1 aliphatic rings. The molecule has 17 heavy (non-hydrogen) atoms. The van der Waals surface area contributed by atoms with Gasteiger partial charge in [0, 0.05) is 6.61 Å². The highest BCUT2D eigenvalue weighted by atomic mass is 16.5. The van der Waals surface area contributed by atoms with Crippen LogP contribution < -0.4 is 0 Å². The second kappa shape index (κ2) is 5.37. The molecule has 1 saturated heterocycles. The molecule has 0 amide bonds. The van der Waals surface area contributed by atoms with Gasteiger partial charge in [-0.2, -0.15) is 5.26 Å². The monoisotopic (exact) mass is 239 g/mol. The van der Waals surface area contributed by atoms with Gasteiger partial charge in [-0.3, -0.25) is 0 Å². The SMILES string of the molecule is CC(C)CC(O)(CC(C)C)C1(C#N)CCOC1. The average Bonchev–Trinajstić information content (AvgIpc) is 2.64. The van der Waals surface area contributed by atoms with Gasteiger partial charge in [0.15, 0.2) is 0 Å². The summed E-state index contributed by atoms with van der Waals surface area (Å²) in [6.07, 6.45) is 1.99. The smallest absolute Gasteiger partial charge is 0.111 e. The molecule has 0 aliphatic carbocycles. The Labute approximate surface area is 105 Å². The van der Waals surface area contributed by atoms with E-state index in [2.05, 4.69) is 33.8 Å². The minimum Gasteiger partial charge on any atom is -0.388 e. The number of hydrogen-bond donors (Lipinski definition) is 1. The van der Waals surface area contributed by atoms with E-state index in [0.29, 0.717) is 44.3 Å². The first-order valence-corrected chi connectivity index (χ1v) is 6.56. The van der Waals surface area contributed by atoms with Gasteiger partial charge < -0.3 is 9.84 Å². The van der Waals surface area contributed by atoms with Gasteiger partial charge in [0.2, 0.25) is 0 Å². The lowest BCUT2D eigenvalue weighted by Crippen LogP contribution is -2.50. The Hall–Kier alpha value is -0.590. The van der Waals surface area contributed by atoms with Crippen molar-refractivity contribution in [2.24, 2.45) is 17.3 Å². The third-order valence-corrected chi connectivity index (χ3v) is 3.62. The van der Waals surface area contributed by atoms with Crippen LogP contribution in [0.2, 0.25) is 0 Å². The van der Waals surface area contributed by atoms with Crippen molar-refractivity contribution in [1.29, 1.82) is 5.26 Å². The van der Waals surface area contributed by atoms with Gasteiger partial charge in [0.25, 0.3) is 0 Å². The first kappa shape index (κ1) is 14.5. The summed E-state index contributed by atoms with van der Waals surface area (Å²) >= 11 is 0. The minimum atomic E-state index is -0.916. The van der Waals surface area contributed by atoms with E-state index < -0.39 is 11.0 Å². The normalized spacial score (nSPS) is 25.5. The highest BCUT2D eigenvalue weighted by molar-refractivity contribution is 5.13. The molecule has 0 spiro atoms. The maximum Gasteiger partial charge on any atom is 0.111 e. The van der Waals surface area contributed by atoms with Crippen molar-refractivity contribution in [3.8, 4) is 6.07 Å². The summed E-state index contributed by atoms with van der Waals surface area (Å²) in [4.78, 5) is 0. The first-order valence-electron chi connectivity index (χ1n) is 6.56. The molecule has 1 rings (SSSR count). The quantitative estimate of drug-likeness (QED) is 0.802. The van der Waals surface area contributed by atoms with Gasteiger partial charge in [-0.25, -0.2) is 0 Å². The molecule has 1 atom stereocenters. The van der Waals surface area contributed by atoms with E-state index >= 15 is 0 Å². The molecule has 0 aromatic carbocycles. The molecular weight excluding hydrogens is 214 g/mol. The molecule has 3 nitrogen and oxygen atoms in total. The Balaban J connectivity index is 2.99. The second-order valence-corrected chi connectivity index (χ2v) is 6.22. The molecule has 0 bridgehead atoms. The van der Waals surface area contributed by atoms with E-state index in [9.17, 15) is 10.4 Å². The number of rotatable bonds is 5. The third kappa shape index (κ3) is 3.00. The van der Waals surface area contributed by atoms with Crippen molar-refractivity contribution in [2.45, 2.75) is 52.6 Å². The van der Waals surface area contributed by atoms with Crippen molar-refractivity contribution in [3.05, 3.63) is 0 Å². The molecule has 1 unspecified atom stereocenters. The first-order chi connectivity index (χ1) is 7.85. The fourth-order valence-corrected chi connectivity index (χ4v) is 2.95. The molecular formula is C14H25NO2. The van der Waals surface area contributed by atoms with Crippen LogP contribution in [0.1, 0.15) is 47.0 Å². The molecule has 0 aromatic heterocycles. The number of ether oxygens (including phenoxy) is 1. The fourth-order valence-electron chi connectivity index (χ4n) is 2.95. The Kier molecular flexibility index (Phi) is 4.57. The number of hydrogen-bond acceptors (Lipinski definition) is 3. The second-order valence-electron chi connectivity index (χ2n) is 6.22. The van der Waals surface area contributed by atoms with Crippen LogP contribution in [0.5, 0.6) is 0 Å².